The van der Waals surface area contributed by atoms with Crippen LogP contribution in [-0.4, -0.2) is 41.0 Å². The van der Waals surface area contributed by atoms with Crippen LogP contribution >= 0.6 is 15.9 Å². The van der Waals surface area contributed by atoms with E-state index in [0.29, 0.717) is 6.54 Å². The molecule has 18 heavy (non-hydrogen) atoms. The molecule has 0 aromatic heterocycles. The minimum Gasteiger partial charge on any atom is -0.480 e. The minimum atomic E-state index is -0.910. The van der Waals surface area contributed by atoms with E-state index in [1.165, 1.54) is 0 Å². The number of benzene rings is 1. The summed E-state index contributed by atoms with van der Waals surface area (Å²) in [5.74, 6) is -1.04. The van der Waals surface area contributed by atoms with Crippen LogP contribution in [0.1, 0.15) is 5.56 Å². The third-order valence-electron chi connectivity index (χ3n) is 2.86. The van der Waals surface area contributed by atoms with E-state index in [4.69, 9.17) is 5.11 Å². The van der Waals surface area contributed by atoms with Crippen molar-refractivity contribution in [1.29, 1.82) is 0 Å². The topological polar surface area (TPSA) is 69.6 Å². The van der Waals surface area contributed by atoms with Gasteiger partial charge in [-0.25, -0.2) is 0 Å². The number of carbonyl (C=O) groups is 2. The van der Waals surface area contributed by atoms with Gasteiger partial charge in [0, 0.05) is 17.6 Å². The number of halogens is 1. The van der Waals surface area contributed by atoms with Crippen LogP contribution in [-0.2, 0) is 16.1 Å². The maximum atomic E-state index is 11.3. The average molecular weight is 313 g/mol. The summed E-state index contributed by atoms with van der Waals surface area (Å²) in [5, 5.41) is 11.7. The van der Waals surface area contributed by atoms with Gasteiger partial charge in [-0.05, 0) is 17.7 Å². The van der Waals surface area contributed by atoms with Gasteiger partial charge >= 0.3 is 5.97 Å². The number of nitrogens with zero attached hydrogens (tertiary/aromatic N) is 1. The van der Waals surface area contributed by atoms with Crippen molar-refractivity contribution < 1.29 is 14.7 Å². The van der Waals surface area contributed by atoms with Crippen LogP contribution in [0, 0.1) is 0 Å². The Labute approximate surface area is 113 Å². The first kappa shape index (κ1) is 13.0. The second-order valence-electron chi connectivity index (χ2n) is 4.19. The largest absolute Gasteiger partial charge is 0.480 e. The number of amides is 1. The molecular weight excluding hydrogens is 300 g/mol. The third-order valence-corrected chi connectivity index (χ3v) is 3.39. The van der Waals surface area contributed by atoms with Crippen LogP contribution in [0.25, 0.3) is 0 Å². The van der Waals surface area contributed by atoms with Gasteiger partial charge in [-0.3, -0.25) is 14.5 Å². The SMILES string of the molecule is O=C1CN(Cc2ccc(Br)cc2)C(C(=O)O)CN1. The van der Waals surface area contributed by atoms with Gasteiger partial charge < -0.3 is 10.4 Å². The van der Waals surface area contributed by atoms with E-state index in [9.17, 15) is 9.59 Å². The van der Waals surface area contributed by atoms with Gasteiger partial charge in [-0.2, -0.15) is 0 Å². The lowest BCUT2D eigenvalue weighted by Gasteiger charge is -2.32. The number of carbonyl (C=O) groups excluding carboxylic acids is 1. The highest BCUT2D eigenvalue weighted by Crippen LogP contribution is 2.14. The predicted molar refractivity (Wildman–Crippen MR) is 69.0 cm³/mol. The smallest absolute Gasteiger partial charge is 0.322 e. The zero-order valence-electron chi connectivity index (χ0n) is 9.60. The molecule has 0 spiro atoms. The van der Waals surface area contributed by atoms with E-state index in [2.05, 4.69) is 21.2 Å². The number of hydrogen-bond acceptors (Lipinski definition) is 3. The molecule has 1 aliphatic heterocycles. The Morgan fingerprint density at radius 2 is 2.11 bits per heavy atom. The van der Waals surface area contributed by atoms with Crippen molar-refractivity contribution in [3.05, 3.63) is 34.3 Å². The molecule has 1 fully saturated rings. The van der Waals surface area contributed by atoms with Gasteiger partial charge in [0.1, 0.15) is 6.04 Å². The molecule has 2 rings (SSSR count). The fourth-order valence-corrected chi connectivity index (χ4v) is 2.19. The summed E-state index contributed by atoms with van der Waals surface area (Å²) in [6.07, 6.45) is 0. The highest BCUT2D eigenvalue weighted by Gasteiger charge is 2.31. The lowest BCUT2D eigenvalue weighted by Crippen LogP contribution is -2.56. The van der Waals surface area contributed by atoms with Crippen LogP contribution in [0.2, 0.25) is 0 Å². The molecule has 0 radical (unpaired) electrons. The normalized spacial score (nSPS) is 20.5. The average Bonchev–Trinajstić information content (AvgIpc) is 2.32. The van der Waals surface area contributed by atoms with Crippen molar-refractivity contribution in [2.75, 3.05) is 13.1 Å². The summed E-state index contributed by atoms with van der Waals surface area (Å²) in [4.78, 5) is 24.1. The lowest BCUT2D eigenvalue weighted by molar-refractivity contribution is -0.146. The fourth-order valence-electron chi connectivity index (χ4n) is 1.92. The second-order valence-corrected chi connectivity index (χ2v) is 5.11. The Morgan fingerprint density at radius 3 is 2.72 bits per heavy atom. The van der Waals surface area contributed by atoms with Crippen LogP contribution in [0.15, 0.2) is 28.7 Å². The highest BCUT2D eigenvalue weighted by molar-refractivity contribution is 9.10. The second kappa shape index (κ2) is 5.49. The first-order valence-corrected chi connectivity index (χ1v) is 6.33. The Hall–Kier alpha value is -1.40. The van der Waals surface area contributed by atoms with E-state index in [1.807, 2.05) is 24.3 Å². The van der Waals surface area contributed by atoms with Crippen molar-refractivity contribution in [3.63, 3.8) is 0 Å². The molecule has 1 aliphatic rings. The van der Waals surface area contributed by atoms with Crippen molar-refractivity contribution in [3.8, 4) is 0 Å². The zero-order valence-corrected chi connectivity index (χ0v) is 11.2. The Balaban J connectivity index is 2.11. The monoisotopic (exact) mass is 312 g/mol. The van der Waals surface area contributed by atoms with Crippen LogP contribution in [0.4, 0.5) is 0 Å². The summed E-state index contributed by atoms with van der Waals surface area (Å²) in [5.41, 5.74) is 0.985. The van der Waals surface area contributed by atoms with Crippen molar-refractivity contribution >= 4 is 27.8 Å². The van der Waals surface area contributed by atoms with E-state index in [0.717, 1.165) is 10.0 Å². The molecular formula is C12H13BrN2O3. The molecule has 2 N–H and O–H groups in total. The minimum absolute atomic E-state index is 0.118. The molecule has 1 aromatic rings. The first-order chi connectivity index (χ1) is 8.56. The molecule has 1 amide bonds. The summed E-state index contributed by atoms with van der Waals surface area (Å²) in [7, 11) is 0. The Morgan fingerprint density at radius 1 is 1.44 bits per heavy atom. The number of nitrogens with one attached hydrogen (secondary N) is 1. The molecule has 1 heterocycles. The summed E-state index contributed by atoms with van der Waals surface area (Å²) < 4.78 is 0.970. The Kier molecular flexibility index (Phi) is 3.98. The highest BCUT2D eigenvalue weighted by atomic mass is 79.9. The van der Waals surface area contributed by atoms with Crippen LogP contribution in [0.3, 0.4) is 0 Å². The van der Waals surface area contributed by atoms with Gasteiger partial charge in [0.25, 0.3) is 0 Å². The van der Waals surface area contributed by atoms with Crippen molar-refractivity contribution in [1.82, 2.24) is 10.2 Å². The molecule has 6 heteroatoms. The molecule has 96 valence electrons. The summed E-state index contributed by atoms with van der Waals surface area (Å²) in [6.45, 7) is 0.732. The lowest BCUT2D eigenvalue weighted by atomic mass is 10.1. The summed E-state index contributed by atoms with van der Waals surface area (Å²) in [6, 6.07) is 6.96. The Bertz CT molecular complexity index is 461. The van der Waals surface area contributed by atoms with Crippen LogP contribution < -0.4 is 5.32 Å². The molecule has 0 saturated carbocycles. The van der Waals surface area contributed by atoms with E-state index in [1.54, 1.807) is 4.90 Å². The number of carboxylic acid groups (broad SMARTS) is 1. The standard InChI is InChI=1S/C12H13BrN2O3/c13-9-3-1-8(2-4-9)6-15-7-11(16)14-5-10(15)12(17)18/h1-4,10H,5-7H2,(H,14,16)(H,17,18). The van der Waals surface area contributed by atoms with Gasteiger partial charge in [-0.1, -0.05) is 28.1 Å². The number of carboxylic acids is 1. The van der Waals surface area contributed by atoms with E-state index < -0.39 is 12.0 Å². The van der Waals surface area contributed by atoms with E-state index >= 15 is 0 Å². The van der Waals surface area contributed by atoms with Crippen molar-refractivity contribution in [2.45, 2.75) is 12.6 Å². The van der Waals surface area contributed by atoms with Crippen LogP contribution in [0.5, 0.6) is 0 Å². The summed E-state index contributed by atoms with van der Waals surface area (Å²) >= 11 is 3.34. The third kappa shape index (κ3) is 3.08. The van der Waals surface area contributed by atoms with Gasteiger partial charge in [0.15, 0.2) is 0 Å². The fraction of sp³-hybridized carbons (Fsp3) is 0.333. The maximum Gasteiger partial charge on any atom is 0.322 e. The molecule has 1 unspecified atom stereocenters. The predicted octanol–water partition coefficient (Wildman–Crippen LogP) is 0.834. The number of rotatable bonds is 3. The molecule has 5 nitrogen and oxygen atoms in total. The first-order valence-electron chi connectivity index (χ1n) is 5.54. The maximum absolute atomic E-state index is 11.3. The molecule has 0 bridgehead atoms. The van der Waals surface area contributed by atoms with Crippen molar-refractivity contribution in [2.24, 2.45) is 0 Å². The number of piperazine rings is 1. The quantitative estimate of drug-likeness (QED) is 0.867. The molecule has 1 atom stereocenters. The van der Waals surface area contributed by atoms with E-state index in [-0.39, 0.29) is 19.0 Å². The zero-order chi connectivity index (χ0) is 13.1. The van der Waals surface area contributed by atoms with Gasteiger partial charge in [0.05, 0.1) is 6.54 Å². The molecule has 1 saturated heterocycles. The van der Waals surface area contributed by atoms with Gasteiger partial charge in [0.2, 0.25) is 5.91 Å². The molecule has 1 aromatic carbocycles. The van der Waals surface area contributed by atoms with Gasteiger partial charge in [-0.15, -0.1) is 0 Å². The number of hydrogen-bond donors (Lipinski definition) is 2. The molecule has 0 aliphatic carbocycles. The number of aliphatic carboxylic acids is 1.